The summed E-state index contributed by atoms with van der Waals surface area (Å²) in [4.78, 5) is 12.5. The summed E-state index contributed by atoms with van der Waals surface area (Å²) < 4.78 is 27.2. The van der Waals surface area contributed by atoms with Crippen LogP contribution in [0.1, 0.15) is 30.1 Å². The van der Waals surface area contributed by atoms with Crippen LogP contribution < -0.4 is 5.32 Å². The molecule has 138 valence electrons. The average molecular weight is 374 g/mol. The molecule has 2 aromatic carbocycles. The van der Waals surface area contributed by atoms with Gasteiger partial charge in [-0.2, -0.15) is 4.31 Å². The Hall–Kier alpha value is -2.38. The van der Waals surface area contributed by atoms with Gasteiger partial charge >= 0.3 is 0 Å². The summed E-state index contributed by atoms with van der Waals surface area (Å²) in [5, 5.41) is 12.1. The van der Waals surface area contributed by atoms with Crippen LogP contribution in [0.4, 0.5) is 5.69 Å². The standard InChI is InChI=1S/C19H22N2O4S/c1-14-8-10-21(11-9-14)26(24,25)18-7-2-4-15(12-18)19(23)20-16-5-3-6-17(22)13-16/h2-7,12-14,22H,8-11H2,1H3,(H,20,23). The second-order valence-corrected chi connectivity index (χ2v) is 8.56. The molecule has 0 saturated carbocycles. The van der Waals surface area contributed by atoms with Gasteiger partial charge in [0.1, 0.15) is 5.75 Å². The number of hydrogen-bond acceptors (Lipinski definition) is 4. The SMILES string of the molecule is CC1CCN(S(=O)(=O)c2cccc(C(=O)Nc3cccc(O)c3)c2)CC1. The van der Waals surface area contributed by atoms with Gasteiger partial charge in [0.25, 0.3) is 5.91 Å². The molecule has 0 aliphatic carbocycles. The van der Waals surface area contributed by atoms with Gasteiger partial charge in [-0.25, -0.2) is 8.42 Å². The van der Waals surface area contributed by atoms with Gasteiger partial charge in [0.15, 0.2) is 0 Å². The summed E-state index contributed by atoms with van der Waals surface area (Å²) in [6, 6.07) is 12.2. The van der Waals surface area contributed by atoms with Gasteiger partial charge in [-0.05, 0) is 49.1 Å². The Morgan fingerprint density at radius 2 is 1.81 bits per heavy atom. The Morgan fingerprint density at radius 1 is 1.12 bits per heavy atom. The molecule has 6 nitrogen and oxygen atoms in total. The first kappa shape index (κ1) is 18.4. The van der Waals surface area contributed by atoms with E-state index in [1.807, 2.05) is 0 Å². The first-order chi connectivity index (χ1) is 12.4. The van der Waals surface area contributed by atoms with E-state index >= 15 is 0 Å². The van der Waals surface area contributed by atoms with E-state index < -0.39 is 15.9 Å². The second-order valence-electron chi connectivity index (χ2n) is 6.62. The zero-order valence-electron chi connectivity index (χ0n) is 14.6. The summed E-state index contributed by atoms with van der Waals surface area (Å²) >= 11 is 0. The van der Waals surface area contributed by atoms with Crippen molar-refractivity contribution in [3.8, 4) is 5.75 Å². The number of sulfonamides is 1. The molecule has 2 aromatic rings. The summed E-state index contributed by atoms with van der Waals surface area (Å²) in [6.45, 7) is 3.13. The van der Waals surface area contributed by atoms with Crippen molar-refractivity contribution in [2.24, 2.45) is 5.92 Å². The molecular formula is C19H22N2O4S. The molecule has 0 aromatic heterocycles. The minimum absolute atomic E-state index is 0.0402. The Labute approximate surface area is 153 Å². The van der Waals surface area contributed by atoms with Crippen molar-refractivity contribution in [2.45, 2.75) is 24.7 Å². The van der Waals surface area contributed by atoms with Crippen LogP contribution in [0.2, 0.25) is 0 Å². The van der Waals surface area contributed by atoms with Gasteiger partial charge in [0, 0.05) is 30.4 Å². The number of hydrogen-bond donors (Lipinski definition) is 2. The molecule has 0 radical (unpaired) electrons. The normalized spacial score (nSPS) is 16.3. The largest absolute Gasteiger partial charge is 0.508 e. The van der Waals surface area contributed by atoms with E-state index in [1.165, 1.54) is 28.6 Å². The third-order valence-corrected chi connectivity index (χ3v) is 6.48. The smallest absolute Gasteiger partial charge is 0.255 e. The van der Waals surface area contributed by atoms with E-state index in [-0.39, 0.29) is 16.2 Å². The van der Waals surface area contributed by atoms with E-state index in [4.69, 9.17) is 0 Å². The van der Waals surface area contributed by atoms with E-state index in [1.54, 1.807) is 24.3 Å². The number of phenolic OH excluding ortho intramolecular Hbond substituents is 1. The highest BCUT2D eigenvalue weighted by Gasteiger charge is 2.28. The number of carbonyl (C=O) groups is 1. The molecule has 3 rings (SSSR count). The summed E-state index contributed by atoms with van der Waals surface area (Å²) in [7, 11) is -3.61. The monoisotopic (exact) mass is 374 g/mol. The van der Waals surface area contributed by atoms with Crippen molar-refractivity contribution < 1.29 is 18.3 Å². The van der Waals surface area contributed by atoms with Crippen molar-refractivity contribution >= 4 is 21.6 Å². The first-order valence-electron chi connectivity index (χ1n) is 8.57. The minimum atomic E-state index is -3.61. The quantitative estimate of drug-likeness (QED) is 0.861. The van der Waals surface area contributed by atoms with Crippen molar-refractivity contribution in [1.29, 1.82) is 0 Å². The molecule has 2 N–H and O–H groups in total. The van der Waals surface area contributed by atoms with Crippen LogP contribution in [-0.2, 0) is 10.0 Å². The van der Waals surface area contributed by atoms with Gasteiger partial charge in [0.2, 0.25) is 10.0 Å². The topological polar surface area (TPSA) is 86.7 Å². The average Bonchev–Trinajstić information content (AvgIpc) is 2.62. The lowest BCUT2D eigenvalue weighted by atomic mass is 10.0. The van der Waals surface area contributed by atoms with E-state index in [0.29, 0.717) is 24.7 Å². The molecule has 1 fully saturated rings. The number of nitrogens with one attached hydrogen (secondary N) is 1. The Balaban J connectivity index is 1.80. The molecular weight excluding hydrogens is 352 g/mol. The van der Waals surface area contributed by atoms with Gasteiger partial charge in [-0.3, -0.25) is 4.79 Å². The van der Waals surface area contributed by atoms with Gasteiger partial charge in [-0.1, -0.05) is 19.1 Å². The molecule has 0 atom stereocenters. The van der Waals surface area contributed by atoms with Crippen LogP contribution >= 0.6 is 0 Å². The molecule has 7 heteroatoms. The fourth-order valence-corrected chi connectivity index (χ4v) is 4.48. The third-order valence-electron chi connectivity index (χ3n) is 4.58. The number of aromatic hydroxyl groups is 1. The highest BCUT2D eigenvalue weighted by molar-refractivity contribution is 7.89. The lowest BCUT2D eigenvalue weighted by molar-refractivity contribution is 0.102. The Kier molecular flexibility index (Phi) is 5.29. The third kappa shape index (κ3) is 4.05. The fourth-order valence-electron chi connectivity index (χ4n) is 2.96. The van der Waals surface area contributed by atoms with E-state index in [9.17, 15) is 18.3 Å². The summed E-state index contributed by atoms with van der Waals surface area (Å²) in [5.74, 6) is 0.138. The van der Waals surface area contributed by atoms with Crippen LogP contribution in [0.15, 0.2) is 53.4 Å². The van der Waals surface area contributed by atoms with E-state index in [2.05, 4.69) is 12.2 Å². The number of anilines is 1. The molecule has 1 aliphatic rings. The van der Waals surface area contributed by atoms with Crippen LogP contribution in [0.25, 0.3) is 0 Å². The number of nitrogens with zero attached hydrogens (tertiary/aromatic N) is 1. The highest BCUT2D eigenvalue weighted by atomic mass is 32.2. The Bertz CT molecular complexity index is 903. The maximum Gasteiger partial charge on any atom is 0.255 e. The lowest BCUT2D eigenvalue weighted by Gasteiger charge is -2.29. The Morgan fingerprint density at radius 3 is 2.50 bits per heavy atom. The minimum Gasteiger partial charge on any atom is -0.508 e. The van der Waals surface area contributed by atoms with Crippen molar-refractivity contribution in [3.63, 3.8) is 0 Å². The zero-order chi connectivity index (χ0) is 18.7. The van der Waals surface area contributed by atoms with Crippen LogP contribution in [0.5, 0.6) is 5.75 Å². The lowest BCUT2D eigenvalue weighted by Crippen LogP contribution is -2.37. The summed E-state index contributed by atoms with van der Waals surface area (Å²) in [5.41, 5.74) is 0.688. The molecule has 0 unspecified atom stereocenters. The predicted octanol–water partition coefficient (Wildman–Crippen LogP) is 3.07. The number of rotatable bonds is 4. The van der Waals surface area contributed by atoms with Crippen LogP contribution in [0.3, 0.4) is 0 Å². The van der Waals surface area contributed by atoms with Gasteiger partial charge < -0.3 is 10.4 Å². The zero-order valence-corrected chi connectivity index (χ0v) is 15.4. The van der Waals surface area contributed by atoms with Crippen molar-refractivity contribution in [2.75, 3.05) is 18.4 Å². The number of carbonyl (C=O) groups excluding carboxylic acids is 1. The van der Waals surface area contributed by atoms with Gasteiger partial charge in [-0.15, -0.1) is 0 Å². The molecule has 0 bridgehead atoms. The maximum absolute atomic E-state index is 12.8. The number of piperidine rings is 1. The molecule has 1 amide bonds. The molecule has 0 spiro atoms. The van der Waals surface area contributed by atoms with Crippen LogP contribution in [-0.4, -0.2) is 36.8 Å². The molecule has 1 heterocycles. The maximum atomic E-state index is 12.8. The summed E-state index contributed by atoms with van der Waals surface area (Å²) in [6.07, 6.45) is 1.69. The predicted molar refractivity (Wildman–Crippen MR) is 99.7 cm³/mol. The van der Waals surface area contributed by atoms with Crippen molar-refractivity contribution in [1.82, 2.24) is 4.31 Å². The number of benzene rings is 2. The fraction of sp³-hybridized carbons (Fsp3) is 0.316. The first-order valence-corrected chi connectivity index (χ1v) is 10.0. The number of phenols is 1. The molecule has 1 saturated heterocycles. The second kappa shape index (κ2) is 7.47. The number of amides is 1. The van der Waals surface area contributed by atoms with E-state index in [0.717, 1.165) is 12.8 Å². The molecule has 1 aliphatic heterocycles. The van der Waals surface area contributed by atoms with Crippen LogP contribution in [0, 0.1) is 5.92 Å². The van der Waals surface area contributed by atoms with Gasteiger partial charge in [0.05, 0.1) is 4.90 Å². The highest BCUT2D eigenvalue weighted by Crippen LogP contribution is 2.24. The van der Waals surface area contributed by atoms with Crippen molar-refractivity contribution in [3.05, 3.63) is 54.1 Å². The molecule has 26 heavy (non-hydrogen) atoms.